The van der Waals surface area contributed by atoms with Gasteiger partial charge in [-0.05, 0) is 81.3 Å². The predicted molar refractivity (Wildman–Crippen MR) is 142 cm³/mol. The second-order valence-corrected chi connectivity index (χ2v) is 10.6. The molecule has 3 heterocycles. The highest BCUT2D eigenvalue weighted by atomic mass is 19.1. The maximum Gasteiger partial charge on any atom is 0.337 e. The molecule has 3 aromatic heterocycles. The number of hydrogen-bond acceptors (Lipinski definition) is 7. The van der Waals surface area contributed by atoms with Gasteiger partial charge in [-0.1, -0.05) is 6.92 Å². The number of benzene rings is 1. The molecule has 11 heteroatoms. The van der Waals surface area contributed by atoms with Crippen molar-refractivity contribution in [2.24, 2.45) is 0 Å². The SMILES string of the molecule is CCCn1c(Oc2ccc(F)cc2)nc2nc(C34CCC(Nc5ccc(C(=O)O)cn5)(CC3)CC4)[nH]c2c1=O. The van der Waals surface area contributed by atoms with Crippen LogP contribution in [0.4, 0.5) is 10.2 Å². The average molecular weight is 533 g/mol. The zero-order valence-corrected chi connectivity index (χ0v) is 21.5. The summed E-state index contributed by atoms with van der Waals surface area (Å²) in [4.78, 5) is 41.6. The molecule has 3 N–H and O–H groups in total. The van der Waals surface area contributed by atoms with Gasteiger partial charge in [-0.15, -0.1) is 0 Å². The van der Waals surface area contributed by atoms with Gasteiger partial charge in [-0.25, -0.2) is 19.2 Å². The van der Waals surface area contributed by atoms with Gasteiger partial charge in [-0.2, -0.15) is 4.98 Å². The van der Waals surface area contributed by atoms with Crippen LogP contribution >= 0.6 is 0 Å². The molecule has 3 aliphatic rings. The van der Waals surface area contributed by atoms with Crippen molar-refractivity contribution in [3.8, 4) is 11.8 Å². The Morgan fingerprint density at radius 2 is 1.82 bits per heavy atom. The van der Waals surface area contributed by atoms with Crippen LogP contribution in [0.3, 0.4) is 0 Å². The molecule has 39 heavy (non-hydrogen) atoms. The van der Waals surface area contributed by atoms with Gasteiger partial charge in [0.25, 0.3) is 5.56 Å². The summed E-state index contributed by atoms with van der Waals surface area (Å²) in [6.07, 6.45) is 7.44. The van der Waals surface area contributed by atoms with Crippen molar-refractivity contribution < 1.29 is 19.0 Å². The Balaban J connectivity index is 1.26. The monoisotopic (exact) mass is 532 g/mol. The van der Waals surface area contributed by atoms with Crippen LogP contribution in [0.25, 0.3) is 11.2 Å². The van der Waals surface area contributed by atoms with Crippen LogP contribution in [0, 0.1) is 5.82 Å². The number of carboxylic acid groups (broad SMARTS) is 1. The molecule has 0 atom stereocenters. The average Bonchev–Trinajstić information content (AvgIpc) is 3.39. The summed E-state index contributed by atoms with van der Waals surface area (Å²) in [5.41, 5.74) is 0.317. The molecule has 3 aliphatic carbocycles. The number of anilines is 1. The van der Waals surface area contributed by atoms with E-state index in [0.717, 1.165) is 44.3 Å². The van der Waals surface area contributed by atoms with E-state index < -0.39 is 5.97 Å². The summed E-state index contributed by atoms with van der Waals surface area (Å²) in [6, 6.07) is 8.99. The first-order valence-electron chi connectivity index (χ1n) is 13.2. The molecule has 3 saturated carbocycles. The lowest BCUT2D eigenvalue weighted by atomic mass is 9.57. The Morgan fingerprint density at radius 1 is 1.10 bits per heavy atom. The zero-order chi connectivity index (χ0) is 27.2. The van der Waals surface area contributed by atoms with Gasteiger partial charge < -0.3 is 20.1 Å². The van der Waals surface area contributed by atoms with Gasteiger partial charge in [0.1, 0.15) is 23.2 Å². The Morgan fingerprint density at radius 3 is 2.44 bits per heavy atom. The number of rotatable bonds is 8. The standard InChI is InChI=1S/C28H29FN6O4/c1-2-15-35-23(36)21-22(33-26(35)39-19-6-4-18(29)5-7-19)32-25(31-21)27-9-12-28(13-10-27,14-11-27)34-20-8-3-17(16-30-20)24(37)38/h3-8,16H,2,9-15H2,1H3,(H,30,34)(H,31,32)(H,37,38). The van der Waals surface area contributed by atoms with Gasteiger partial charge in [0.2, 0.25) is 0 Å². The first-order chi connectivity index (χ1) is 18.8. The third-order valence-electron chi connectivity index (χ3n) is 8.20. The Hall–Kier alpha value is -4.28. The largest absolute Gasteiger partial charge is 0.478 e. The Kier molecular flexibility index (Phi) is 6.08. The number of carbonyl (C=O) groups is 1. The number of H-pyrrole nitrogens is 1. The molecule has 2 bridgehead atoms. The molecule has 0 unspecified atom stereocenters. The van der Waals surface area contributed by atoms with Crippen molar-refractivity contribution in [1.29, 1.82) is 0 Å². The topological polar surface area (TPSA) is 135 Å². The molecule has 1 aromatic carbocycles. The van der Waals surface area contributed by atoms with E-state index in [2.05, 4.69) is 20.3 Å². The number of fused-ring (bicyclic) bond motifs is 4. The number of hydrogen-bond donors (Lipinski definition) is 3. The number of ether oxygens (including phenoxy) is 1. The van der Waals surface area contributed by atoms with Crippen LogP contribution in [0.1, 0.15) is 68.1 Å². The van der Waals surface area contributed by atoms with E-state index in [-0.39, 0.29) is 33.9 Å². The van der Waals surface area contributed by atoms with E-state index in [1.54, 1.807) is 12.1 Å². The highest BCUT2D eigenvalue weighted by Crippen LogP contribution is 2.54. The third kappa shape index (κ3) is 4.51. The molecule has 7 rings (SSSR count). The summed E-state index contributed by atoms with van der Waals surface area (Å²) in [5.74, 6) is 0.467. The van der Waals surface area contributed by atoms with Gasteiger partial charge in [-0.3, -0.25) is 9.36 Å². The van der Waals surface area contributed by atoms with Crippen LogP contribution < -0.4 is 15.6 Å². The Labute approximate surface area is 223 Å². The number of nitrogens with zero attached hydrogens (tertiary/aromatic N) is 4. The summed E-state index contributed by atoms with van der Waals surface area (Å²) >= 11 is 0. The van der Waals surface area contributed by atoms with E-state index in [9.17, 15) is 14.0 Å². The van der Waals surface area contributed by atoms with Gasteiger partial charge >= 0.3 is 12.0 Å². The van der Waals surface area contributed by atoms with Crippen molar-refractivity contribution in [1.82, 2.24) is 24.5 Å². The van der Waals surface area contributed by atoms with Crippen LogP contribution in [0.5, 0.6) is 11.8 Å². The fraction of sp³-hybridized carbons (Fsp3) is 0.393. The molecule has 0 saturated heterocycles. The molecule has 0 radical (unpaired) electrons. The van der Waals surface area contributed by atoms with E-state index >= 15 is 0 Å². The lowest BCUT2D eigenvalue weighted by Crippen LogP contribution is -2.53. The number of halogens is 1. The van der Waals surface area contributed by atoms with Gasteiger partial charge in [0, 0.05) is 23.7 Å². The lowest BCUT2D eigenvalue weighted by molar-refractivity contribution is 0.0696. The Bertz CT molecular complexity index is 1570. The van der Waals surface area contributed by atoms with E-state index in [1.165, 1.54) is 35.0 Å². The van der Waals surface area contributed by atoms with Gasteiger partial charge in [0.05, 0.1) is 5.56 Å². The van der Waals surface area contributed by atoms with E-state index in [4.69, 9.17) is 14.8 Å². The lowest BCUT2D eigenvalue weighted by Gasteiger charge is -2.53. The minimum atomic E-state index is -0.997. The second-order valence-electron chi connectivity index (χ2n) is 10.6. The number of pyridine rings is 1. The first kappa shape index (κ1) is 25.0. The fourth-order valence-electron chi connectivity index (χ4n) is 5.92. The second kappa shape index (κ2) is 9.48. The van der Waals surface area contributed by atoms with Crippen molar-refractivity contribution in [2.45, 2.75) is 69.4 Å². The molecule has 0 spiro atoms. The summed E-state index contributed by atoms with van der Waals surface area (Å²) in [5, 5.41) is 12.7. The molecule has 3 fully saturated rings. The third-order valence-corrected chi connectivity index (χ3v) is 8.20. The summed E-state index contributed by atoms with van der Waals surface area (Å²) in [7, 11) is 0. The molecular weight excluding hydrogens is 503 g/mol. The summed E-state index contributed by atoms with van der Waals surface area (Å²) in [6.45, 7) is 2.39. The normalized spacial score (nSPS) is 22.2. The van der Waals surface area contributed by atoms with E-state index in [0.29, 0.717) is 35.7 Å². The predicted octanol–water partition coefficient (Wildman–Crippen LogP) is 5.01. The van der Waals surface area contributed by atoms with Crippen molar-refractivity contribution in [2.75, 3.05) is 5.32 Å². The number of nitrogens with one attached hydrogen (secondary N) is 2. The molecule has 0 amide bonds. The van der Waals surface area contributed by atoms with Crippen LogP contribution in [0.2, 0.25) is 0 Å². The van der Waals surface area contributed by atoms with E-state index in [1.807, 2.05) is 6.92 Å². The first-order valence-corrected chi connectivity index (χ1v) is 13.2. The van der Waals surface area contributed by atoms with Crippen molar-refractivity contribution in [3.05, 3.63) is 70.2 Å². The van der Waals surface area contributed by atoms with Crippen LogP contribution in [0.15, 0.2) is 47.4 Å². The minimum Gasteiger partial charge on any atom is -0.478 e. The van der Waals surface area contributed by atoms with Crippen molar-refractivity contribution >= 4 is 23.0 Å². The number of imidazole rings is 1. The van der Waals surface area contributed by atoms with Crippen molar-refractivity contribution in [3.63, 3.8) is 0 Å². The maximum absolute atomic E-state index is 13.5. The zero-order valence-electron chi connectivity index (χ0n) is 21.5. The van der Waals surface area contributed by atoms with Gasteiger partial charge in [0.15, 0.2) is 11.2 Å². The van der Waals surface area contributed by atoms with Crippen LogP contribution in [-0.4, -0.2) is 41.1 Å². The number of carboxylic acids is 1. The molecule has 0 aliphatic heterocycles. The highest BCUT2D eigenvalue weighted by Gasteiger charge is 2.51. The summed E-state index contributed by atoms with van der Waals surface area (Å²) < 4.78 is 20.7. The number of aromatic carboxylic acids is 1. The quantitative estimate of drug-likeness (QED) is 0.288. The molecule has 202 valence electrons. The highest BCUT2D eigenvalue weighted by molar-refractivity contribution is 5.87. The minimum absolute atomic E-state index is 0.103. The van der Waals surface area contributed by atoms with Crippen LogP contribution in [-0.2, 0) is 12.0 Å². The number of aromatic amines is 1. The molecule has 4 aromatic rings. The number of aromatic nitrogens is 5. The smallest absolute Gasteiger partial charge is 0.337 e. The maximum atomic E-state index is 13.5. The fourth-order valence-corrected chi connectivity index (χ4v) is 5.92. The molecule has 10 nitrogen and oxygen atoms in total. The molecular formula is C28H29FN6O4.